The largest absolute Gasteiger partial charge is 0.461 e. The second-order valence-corrected chi connectivity index (χ2v) is 8.31. The number of amides is 1. The summed E-state index contributed by atoms with van der Waals surface area (Å²) in [7, 11) is 0. The van der Waals surface area contributed by atoms with E-state index in [-0.39, 0.29) is 12.1 Å². The van der Waals surface area contributed by atoms with E-state index in [1.54, 1.807) is 11.8 Å². The number of likely N-dealkylation sites (tertiary alicyclic amines) is 1. The Morgan fingerprint density at radius 1 is 1.15 bits per heavy atom. The summed E-state index contributed by atoms with van der Waals surface area (Å²) in [6.07, 6.45) is 4.53. The van der Waals surface area contributed by atoms with Gasteiger partial charge in [-0.3, -0.25) is 0 Å². The van der Waals surface area contributed by atoms with Crippen LogP contribution < -0.4 is 0 Å². The van der Waals surface area contributed by atoms with Gasteiger partial charge in [-0.2, -0.15) is 0 Å². The number of carbonyl (C=O) groups is 2. The number of esters is 1. The summed E-state index contributed by atoms with van der Waals surface area (Å²) in [6.45, 7) is 8.94. The molecule has 1 saturated carbocycles. The van der Waals surface area contributed by atoms with Gasteiger partial charge < -0.3 is 14.4 Å². The summed E-state index contributed by atoms with van der Waals surface area (Å²) in [6, 6.07) is 0.134. The molecule has 2 heterocycles. The fourth-order valence-electron chi connectivity index (χ4n) is 3.60. The van der Waals surface area contributed by atoms with E-state index in [2.05, 4.69) is 10.3 Å². The van der Waals surface area contributed by atoms with Crippen molar-refractivity contribution in [2.75, 3.05) is 19.7 Å². The third-order valence-electron chi connectivity index (χ3n) is 5.15. The average Bonchev–Trinajstić information content (AvgIpc) is 2.96. The summed E-state index contributed by atoms with van der Waals surface area (Å²) < 4.78 is 12.5. The van der Waals surface area contributed by atoms with E-state index in [1.807, 2.05) is 25.5 Å². The number of ether oxygens (including phenoxy) is 2. The Bertz CT molecular complexity index is 682. The smallest absolute Gasteiger partial charge is 0.410 e. The van der Waals surface area contributed by atoms with Gasteiger partial charge in [0.2, 0.25) is 0 Å². The van der Waals surface area contributed by atoms with Crippen molar-refractivity contribution in [1.82, 2.24) is 19.9 Å². The van der Waals surface area contributed by atoms with Crippen LogP contribution in [0.5, 0.6) is 0 Å². The lowest BCUT2D eigenvalue weighted by atomic mass is 9.81. The Kier molecular flexibility index (Phi) is 5.72. The molecule has 1 aromatic heterocycles. The fourth-order valence-corrected chi connectivity index (χ4v) is 3.60. The molecule has 3 rings (SSSR count). The zero-order valence-corrected chi connectivity index (χ0v) is 16.7. The Labute approximate surface area is 160 Å². The first-order valence-electron chi connectivity index (χ1n) is 9.90. The molecular weight excluding hydrogens is 348 g/mol. The van der Waals surface area contributed by atoms with Gasteiger partial charge in [-0.1, -0.05) is 11.6 Å². The van der Waals surface area contributed by atoms with Gasteiger partial charge in [-0.05, 0) is 53.4 Å². The fraction of sp³-hybridized carbons (Fsp3) is 0.789. The number of rotatable bonds is 4. The van der Waals surface area contributed by atoms with E-state index in [1.165, 1.54) is 0 Å². The van der Waals surface area contributed by atoms with Crippen LogP contribution >= 0.6 is 0 Å². The maximum atomic E-state index is 12.3. The van der Waals surface area contributed by atoms with Crippen LogP contribution in [-0.4, -0.2) is 57.3 Å². The molecule has 2 fully saturated rings. The van der Waals surface area contributed by atoms with E-state index in [0.717, 1.165) is 37.8 Å². The quantitative estimate of drug-likeness (QED) is 0.747. The average molecular weight is 378 g/mol. The third kappa shape index (κ3) is 4.42. The molecule has 1 aliphatic carbocycles. The minimum Gasteiger partial charge on any atom is -0.461 e. The highest BCUT2D eigenvalue weighted by molar-refractivity contribution is 5.88. The maximum absolute atomic E-state index is 12.3. The zero-order chi connectivity index (χ0) is 19.6. The van der Waals surface area contributed by atoms with Crippen molar-refractivity contribution in [2.45, 2.75) is 77.4 Å². The lowest BCUT2D eigenvalue weighted by Gasteiger charge is -2.35. The molecule has 0 spiro atoms. The number of aromatic nitrogens is 3. The number of piperidine rings is 1. The second-order valence-electron chi connectivity index (χ2n) is 8.31. The predicted molar refractivity (Wildman–Crippen MR) is 98.6 cm³/mol. The molecule has 1 aliphatic heterocycles. The van der Waals surface area contributed by atoms with Crippen molar-refractivity contribution < 1.29 is 19.1 Å². The molecule has 8 heteroatoms. The molecule has 150 valence electrons. The van der Waals surface area contributed by atoms with Crippen LogP contribution in [0, 0.1) is 0 Å². The molecule has 1 saturated heterocycles. The Balaban J connectivity index is 1.71. The SMILES string of the molecule is CCOC(=O)c1nnn(C2CCN(C(=O)OC(C)(C)C)CC2)c1C1CCC1. The van der Waals surface area contributed by atoms with Gasteiger partial charge in [0.25, 0.3) is 0 Å². The minimum atomic E-state index is -0.494. The van der Waals surface area contributed by atoms with E-state index in [0.29, 0.717) is 31.3 Å². The van der Waals surface area contributed by atoms with E-state index in [9.17, 15) is 9.59 Å². The molecular formula is C19H30N4O4. The van der Waals surface area contributed by atoms with Crippen molar-refractivity contribution in [3.8, 4) is 0 Å². The number of carbonyl (C=O) groups excluding carboxylic acids is 2. The Morgan fingerprint density at radius 3 is 2.33 bits per heavy atom. The summed E-state index contributed by atoms with van der Waals surface area (Å²) in [5.74, 6) is -0.0693. The molecule has 0 atom stereocenters. The molecule has 27 heavy (non-hydrogen) atoms. The minimum absolute atomic E-state index is 0.134. The maximum Gasteiger partial charge on any atom is 0.410 e. The third-order valence-corrected chi connectivity index (χ3v) is 5.15. The van der Waals surface area contributed by atoms with Gasteiger partial charge in [-0.25, -0.2) is 14.3 Å². The molecule has 8 nitrogen and oxygen atoms in total. The van der Waals surface area contributed by atoms with Crippen LogP contribution in [0.1, 0.15) is 87.9 Å². The van der Waals surface area contributed by atoms with Crippen molar-refractivity contribution in [1.29, 1.82) is 0 Å². The zero-order valence-electron chi connectivity index (χ0n) is 16.7. The van der Waals surface area contributed by atoms with E-state index < -0.39 is 11.6 Å². The number of hydrogen-bond donors (Lipinski definition) is 0. The van der Waals surface area contributed by atoms with Gasteiger partial charge in [0.1, 0.15) is 5.60 Å². The Morgan fingerprint density at radius 2 is 1.81 bits per heavy atom. The molecule has 0 N–H and O–H groups in total. The van der Waals surface area contributed by atoms with Crippen LogP contribution in [-0.2, 0) is 9.47 Å². The molecule has 1 aromatic rings. The van der Waals surface area contributed by atoms with Gasteiger partial charge in [0.15, 0.2) is 5.69 Å². The van der Waals surface area contributed by atoms with Gasteiger partial charge in [0.05, 0.1) is 18.3 Å². The monoisotopic (exact) mass is 378 g/mol. The highest BCUT2D eigenvalue weighted by Crippen LogP contribution is 2.39. The first-order valence-corrected chi connectivity index (χ1v) is 9.90. The van der Waals surface area contributed by atoms with Crippen LogP contribution in [0.25, 0.3) is 0 Å². The normalized spacial score (nSPS) is 18.9. The molecule has 0 bridgehead atoms. The van der Waals surface area contributed by atoms with Crippen LogP contribution in [0.3, 0.4) is 0 Å². The molecule has 2 aliphatic rings. The summed E-state index contributed by atoms with van der Waals surface area (Å²) in [5.41, 5.74) is 0.776. The Hall–Kier alpha value is -2.12. The number of nitrogens with zero attached hydrogens (tertiary/aromatic N) is 4. The molecule has 0 unspecified atom stereocenters. The molecule has 0 radical (unpaired) electrons. The number of hydrogen-bond acceptors (Lipinski definition) is 6. The van der Waals surface area contributed by atoms with Crippen molar-refractivity contribution >= 4 is 12.1 Å². The van der Waals surface area contributed by atoms with Crippen LogP contribution in [0.4, 0.5) is 4.79 Å². The second kappa shape index (κ2) is 7.86. The molecule has 1 amide bonds. The van der Waals surface area contributed by atoms with Crippen molar-refractivity contribution in [2.24, 2.45) is 0 Å². The summed E-state index contributed by atoms with van der Waals surface area (Å²) in [5, 5.41) is 8.46. The summed E-state index contributed by atoms with van der Waals surface area (Å²) >= 11 is 0. The standard InChI is InChI=1S/C19H30N4O4/c1-5-26-17(24)15-16(13-7-6-8-13)23(21-20-15)14-9-11-22(12-10-14)18(25)27-19(2,3)4/h13-14H,5-12H2,1-4H3. The molecule has 0 aromatic carbocycles. The highest BCUT2D eigenvalue weighted by Gasteiger charge is 2.35. The lowest BCUT2D eigenvalue weighted by Crippen LogP contribution is -2.42. The van der Waals surface area contributed by atoms with Gasteiger partial charge in [-0.15, -0.1) is 5.10 Å². The van der Waals surface area contributed by atoms with Crippen LogP contribution in [0.2, 0.25) is 0 Å². The lowest BCUT2D eigenvalue weighted by molar-refractivity contribution is 0.0182. The van der Waals surface area contributed by atoms with E-state index in [4.69, 9.17) is 9.47 Å². The van der Waals surface area contributed by atoms with Crippen LogP contribution in [0.15, 0.2) is 0 Å². The van der Waals surface area contributed by atoms with Gasteiger partial charge >= 0.3 is 12.1 Å². The first-order chi connectivity index (χ1) is 12.8. The highest BCUT2D eigenvalue weighted by atomic mass is 16.6. The summed E-state index contributed by atoms with van der Waals surface area (Å²) in [4.78, 5) is 26.3. The predicted octanol–water partition coefficient (Wildman–Crippen LogP) is 3.29. The topological polar surface area (TPSA) is 86.5 Å². The first kappa shape index (κ1) is 19.6. The van der Waals surface area contributed by atoms with E-state index >= 15 is 0 Å². The van der Waals surface area contributed by atoms with Crippen molar-refractivity contribution in [3.63, 3.8) is 0 Å². The van der Waals surface area contributed by atoms with Crippen molar-refractivity contribution in [3.05, 3.63) is 11.4 Å². The van der Waals surface area contributed by atoms with Gasteiger partial charge in [0, 0.05) is 19.0 Å².